The second-order valence-electron chi connectivity index (χ2n) is 5.10. The zero-order valence-electron chi connectivity index (χ0n) is 10.3. The van der Waals surface area contributed by atoms with Crippen molar-refractivity contribution < 1.29 is 23.1 Å². The molecule has 0 unspecified atom stereocenters. The smallest absolute Gasteiger partial charge is 0.417 e. The average Bonchev–Trinajstić information content (AvgIpc) is 2.25. The molecule has 6 heteroatoms. The number of hydrogen-bond donors (Lipinski definition) is 2. The fourth-order valence-electron chi connectivity index (χ4n) is 2.23. The molecule has 1 aliphatic rings. The molecule has 0 bridgehead atoms. The molecule has 0 heterocycles. The molecule has 1 aliphatic carbocycles. The molecule has 104 valence electrons. The largest absolute Gasteiger partial charge is 0.478 e. The lowest BCUT2D eigenvalue weighted by Gasteiger charge is -2.40. The van der Waals surface area contributed by atoms with Gasteiger partial charge in [0, 0.05) is 11.2 Å². The molecule has 19 heavy (non-hydrogen) atoms. The molecule has 3 nitrogen and oxygen atoms in total. The first-order chi connectivity index (χ1) is 8.71. The van der Waals surface area contributed by atoms with E-state index in [1.165, 1.54) is 6.07 Å². The number of carboxylic acid groups (broad SMARTS) is 1. The molecule has 1 aromatic rings. The molecule has 0 amide bonds. The number of alkyl halides is 3. The zero-order chi connectivity index (χ0) is 14.3. The van der Waals surface area contributed by atoms with Crippen molar-refractivity contribution >= 4 is 11.7 Å². The number of aromatic carboxylic acids is 1. The Morgan fingerprint density at radius 2 is 2.00 bits per heavy atom. The number of anilines is 1. The molecule has 0 spiro atoms. The number of hydrogen-bond acceptors (Lipinski definition) is 2. The lowest BCUT2D eigenvalue weighted by atomic mass is 9.78. The summed E-state index contributed by atoms with van der Waals surface area (Å²) in [6, 6.07) is 3.14. The van der Waals surface area contributed by atoms with E-state index in [2.05, 4.69) is 5.32 Å². The van der Waals surface area contributed by atoms with Gasteiger partial charge in [-0.2, -0.15) is 13.2 Å². The summed E-state index contributed by atoms with van der Waals surface area (Å²) in [5.41, 5.74) is -1.58. The summed E-state index contributed by atoms with van der Waals surface area (Å²) in [6.07, 6.45) is -1.74. The number of halogens is 3. The number of carbonyl (C=O) groups is 1. The number of nitrogens with one attached hydrogen (secondary N) is 1. The molecule has 2 N–H and O–H groups in total. The van der Waals surface area contributed by atoms with E-state index in [9.17, 15) is 18.0 Å². The van der Waals surface area contributed by atoms with E-state index in [0.717, 1.165) is 31.4 Å². The van der Waals surface area contributed by atoms with Gasteiger partial charge in [0.05, 0.1) is 11.1 Å². The Labute approximate surface area is 108 Å². The Morgan fingerprint density at radius 3 is 2.42 bits per heavy atom. The van der Waals surface area contributed by atoms with E-state index in [1.807, 2.05) is 6.92 Å². The van der Waals surface area contributed by atoms with Crippen LogP contribution in [0.2, 0.25) is 0 Å². The van der Waals surface area contributed by atoms with E-state index < -0.39 is 23.3 Å². The number of benzene rings is 1. The number of carboxylic acids is 1. The van der Waals surface area contributed by atoms with Crippen LogP contribution in [0.25, 0.3) is 0 Å². The molecule has 0 saturated heterocycles. The highest BCUT2D eigenvalue weighted by atomic mass is 19.4. The Morgan fingerprint density at radius 1 is 1.37 bits per heavy atom. The molecule has 0 aromatic heterocycles. The monoisotopic (exact) mass is 273 g/mol. The molecule has 1 aromatic carbocycles. The molecular formula is C13H14F3NO2. The molecule has 0 aliphatic heterocycles. The highest BCUT2D eigenvalue weighted by molar-refractivity contribution is 5.91. The molecule has 2 rings (SSSR count). The van der Waals surface area contributed by atoms with Crippen LogP contribution in [-0.2, 0) is 6.18 Å². The van der Waals surface area contributed by atoms with Gasteiger partial charge in [0.1, 0.15) is 0 Å². The summed E-state index contributed by atoms with van der Waals surface area (Å²) in [6.45, 7) is 1.97. The highest BCUT2D eigenvalue weighted by Crippen LogP contribution is 2.37. The Kier molecular flexibility index (Phi) is 3.20. The van der Waals surface area contributed by atoms with Gasteiger partial charge in [0.25, 0.3) is 0 Å². The van der Waals surface area contributed by atoms with Crippen molar-refractivity contribution in [2.45, 2.75) is 37.9 Å². The summed E-state index contributed by atoms with van der Waals surface area (Å²) < 4.78 is 38.0. The third-order valence-electron chi connectivity index (χ3n) is 3.46. The average molecular weight is 273 g/mol. The lowest BCUT2D eigenvalue weighted by molar-refractivity contribution is -0.138. The summed E-state index contributed by atoms with van der Waals surface area (Å²) >= 11 is 0. The van der Waals surface area contributed by atoms with Crippen molar-refractivity contribution in [3.05, 3.63) is 29.3 Å². The minimum Gasteiger partial charge on any atom is -0.478 e. The Hall–Kier alpha value is -1.72. The molecule has 1 saturated carbocycles. The third-order valence-corrected chi connectivity index (χ3v) is 3.46. The van der Waals surface area contributed by atoms with Crippen LogP contribution in [0, 0.1) is 0 Å². The first-order valence-electron chi connectivity index (χ1n) is 5.94. The van der Waals surface area contributed by atoms with Gasteiger partial charge >= 0.3 is 12.1 Å². The predicted octanol–water partition coefficient (Wildman–Crippen LogP) is 3.76. The Bertz CT molecular complexity index is 507. The topological polar surface area (TPSA) is 49.3 Å². The maximum absolute atomic E-state index is 12.7. The first kappa shape index (κ1) is 13.7. The van der Waals surface area contributed by atoms with Crippen molar-refractivity contribution in [3.63, 3.8) is 0 Å². The highest BCUT2D eigenvalue weighted by Gasteiger charge is 2.36. The van der Waals surface area contributed by atoms with Crippen molar-refractivity contribution in [1.82, 2.24) is 0 Å². The van der Waals surface area contributed by atoms with E-state index in [0.29, 0.717) is 5.69 Å². The van der Waals surface area contributed by atoms with Crippen LogP contribution in [0.15, 0.2) is 18.2 Å². The fourth-order valence-corrected chi connectivity index (χ4v) is 2.23. The van der Waals surface area contributed by atoms with Crippen LogP contribution in [0.4, 0.5) is 18.9 Å². The second-order valence-corrected chi connectivity index (χ2v) is 5.10. The minimum atomic E-state index is -4.66. The predicted molar refractivity (Wildman–Crippen MR) is 64.3 cm³/mol. The van der Waals surface area contributed by atoms with Gasteiger partial charge < -0.3 is 10.4 Å². The third kappa shape index (κ3) is 2.83. The zero-order valence-corrected chi connectivity index (χ0v) is 10.3. The van der Waals surface area contributed by atoms with Crippen molar-refractivity contribution in [3.8, 4) is 0 Å². The quantitative estimate of drug-likeness (QED) is 0.881. The normalized spacial score (nSPS) is 17.7. The second kappa shape index (κ2) is 4.43. The summed E-state index contributed by atoms with van der Waals surface area (Å²) in [7, 11) is 0. The standard InChI is InChI=1S/C13H14F3NO2/c1-12(5-2-6-12)17-8-3-4-10(13(14,15)16)9(7-8)11(18)19/h3-4,7,17H,2,5-6H2,1H3,(H,18,19). The van der Waals surface area contributed by atoms with Gasteiger partial charge in [0.15, 0.2) is 0 Å². The van der Waals surface area contributed by atoms with Crippen LogP contribution in [-0.4, -0.2) is 16.6 Å². The van der Waals surface area contributed by atoms with Crippen molar-refractivity contribution in [1.29, 1.82) is 0 Å². The van der Waals surface area contributed by atoms with Crippen molar-refractivity contribution in [2.24, 2.45) is 0 Å². The van der Waals surface area contributed by atoms with Gasteiger partial charge in [-0.05, 0) is 44.4 Å². The fraction of sp³-hybridized carbons (Fsp3) is 0.462. The van der Waals surface area contributed by atoms with Crippen LogP contribution in [0.5, 0.6) is 0 Å². The van der Waals surface area contributed by atoms with E-state index >= 15 is 0 Å². The maximum Gasteiger partial charge on any atom is 0.417 e. The van der Waals surface area contributed by atoms with Crippen LogP contribution in [0.1, 0.15) is 42.1 Å². The van der Waals surface area contributed by atoms with E-state index in [-0.39, 0.29) is 5.54 Å². The van der Waals surface area contributed by atoms with Crippen molar-refractivity contribution in [2.75, 3.05) is 5.32 Å². The van der Waals surface area contributed by atoms with Gasteiger partial charge in [-0.25, -0.2) is 4.79 Å². The van der Waals surface area contributed by atoms with Gasteiger partial charge in [-0.1, -0.05) is 0 Å². The SMILES string of the molecule is CC1(Nc2ccc(C(F)(F)F)c(C(=O)O)c2)CCC1. The van der Waals surface area contributed by atoms with Crippen LogP contribution < -0.4 is 5.32 Å². The Balaban J connectivity index is 2.34. The molecule has 0 radical (unpaired) electrons. The van der Waals surface area contributed by atoms with Crippen LogP contribution >= 0.6 is 0 Å². The number of rotatable bonds is 3. The maximum atomic E-state index is 12.7. The minimum absolute atomic E-state index is 0.143. The van der Waals surface area contributed by atoms with E-state index in [1.54, 1.807) is 0 Å². The lowest BCUT2D eigenvalue weighted by Crippen LogP contribution is -2.41. The van der Waals surface area contributed by atoms with Gasteiger partial charge in [-0.3, -0.25) is 0 Å². The summed E-state index contributed by atoms with van der Waals surface area (Å²) in [4.78, 5) is 10.9. The molecule has 1 fully saturated rings. The van der Waals surface area contributed by atoms with E-state index in [4.69, 9.17) is 5.11 Å². The summed E-state index contributed by atoms with van der Waals surface area (Å²) in [5, 5.41) is 12.0. The summed E-state index contributed by atoms with van der Waals surface area (Å²) in [5.74, 6) is -1.57. The molecular weight excluding hydrogens is 259 g/mol. The van der Waals surface area contributed by atoms with Gasteiger partial charge in [-0.15, -0.1) is 0 Å². The molecule has 0 atom stereocenters. The van der Waals surface area contributed by atoms with Crippen LogP contribution in [0.3, 0.4) is 0 Å². The first-order valence-corrected chi connectivity index (χ1v) is 5.94. The van der Waals surface area contributed by atoms with Gasteiger partial charge in [0.2, 0.25) is 0 Å².